The highest BCUT2D eigenvalue weighted by Crippen LogP contribution is 2.43. The Morgan fingerprint density at radius 3 is 2.38 bits per heavy atom. The number of carbonyl (C=O) groups excluding carboxylic acids is 1. The van der Waals surface area contributed by atoms with Gasteiger partial charge in [-0.3, -0.25) is 9.69 Å². The number of fused-ring (bicyclic) bond motifs is 1. The maximum absolute atomic E-state index is 12.8. The second-order valence-electron chi connectivity index (χ2n) is 7.17. The lowest BCUT2D eigenvalue weighted by molar-refractivity contribution is -0.139. The summed E-state index contributed by atoms with van der Waals surface area (Å²) in [6.45, 7) is 4.76. The third-order valence-electron chi connectivity index (χ3n) is 5.97. The van der Waals surface area contributed by atoms with Crippen molar-refractivity contribution >= 4 is 17.5 Å². The number of hydrogen-bond donors (Lipinski definition) is 0. The van der Waals surface area contributed by atoms with Crippen molar-refractivity contribution in [2.75, 3.05) is 38.6 Å². The van der Waals surface area contributed by atoms with Gasteiger partial charge in [0.1, 0.15) is 0 Å². The molecule has 0 N–H and O–H groups in total. The predicted molar refractivity (Wildman–Crippen MR) is 86.5 cm³/mol. The van der Waals surface area contributed by atoms with Crippen LogP contribution in [0.3, 0.4) is 0 Å². The van der Waals surface area contributed by atoms with E-state index in [-0.39, 0.29) is 0 Å². The van der Waals surface area contributed by atoms with Crippen LogP contribution < -0.4 is 0 Å². The SMILES string of the molecule is O=C(C1CCC2CCCCC2C1)N1CCN(CCCl)CC1. The van der Waals surface area contributed by atoms with Gasteiger partial charge >= 0.3 is 0 Å². The lowest BCUT2D eigenvalue weighted by atomic mass is 9.67. The fourth-order valence-electron chi connectivity index (χ4n) is 4.67. The van der Waals surface area contributed by atoms with Crippen LogP contribution in [-0.2, 0) is 4.79 Å². The Labute approximate surface area is 134 Å². The van der Waals surface area contributed by atoms with Crippen molar-refractivity contribution in [2.45, 2.75) is 44.9 Å². The molecule has 0 aromatic heterocycles. The molecule has 1 heterocycles. The number of carbonyl (C=O) groups is 1. The first-order chi connectivity index (χ1) is 10.3. The van der Waals surface area contributed by atoms with Crippen molar-refractivity contribution < 1.29 is 4.79 Å². The first kappa shape index (κ1) is 15.6. The Balaban J connectivity index is 1.49. The number of nitrogens with zero attached hydrogens (tertiary/aromatic N) is 2. The number of halogens is 1. The van der Waals surface area contributed by atoms with Crippen LogP contribution in [0.1, 0.15) is 44.9 Å². The van der Waals surface area contributed by atoms with Gasteiger partial charge in [0.25, 0.3) is 0 Å². The topological polar surface area (TPSA) is 23.6 Å². The molecule has 21 heavy (non-hydrogen) atoms. The molecule has 2 saturated carbocycles. The standard InChI is InChI=1S/C17H29ClN2O/c18-7-8-19-9-11-20(12-10-19)17(21)16-6-5-14-3-1-2-4-15(14)13-16/h14-16H,1-13H2. The molecule has 3 aliphatic rings. The summed E-state index contributed by atoms with van der Waals surface area (Å²) < 4.78 is 0. The Morgan fingerprint density at radius 2 is 1.67 bits per heavy atom. The third kappa shape index (κ3) is 3.73. The van der Waals surface area contributed by atoms with Crippen LogP contribution in [0.5, 0.6) is 0 Å². The van der Waals surface area contributed by atoms with Crippen molar-refractivity contribution in [2.24, 2.45) is 17.8 Å². The van der Waals surface area contributed by atoms with Crippen molar-refractivity contribution in [3.8, 4) is 0 Å². The highest BCUT2D eigenvalue weighted by Gasteiger charge is 2.37. The first-order valence-electron chi connectivity index (χ1n) is 8.85. The lowest BCUT2D eigenvalue weighted by Crippen LogP contribution is -2.51. The Hall–Kier alpha value is -0.280. The molecule has 2 aliphatic carbocycles. The summed E-state index contributed by atoms with van der Waals surface area (Å²) in [5.41, 5.74) is 0. The molecule has 3 atom stereocenters. The molecule has 4 heteroatoms. The van der Waals surface area contributed by atoms with E-state index in [2.05, 4.69) is 9.80 Å². The van der Waals surface area contributed by atoms with E-state index in [0.29, 0.717) is 17.7 Å². The van der Waals surface area contributed by atoms with Crippen molar-refractivity contribution in [3.63, 3.8) is 0 Å². The Morgan fingerprint density at radius 1 is 0.952 bits per heavy atom. The average molecular weight is 313 g/mol. The Kier molecular flexibility index (Phi) is 5.44. The molecule has 3 fully saturated rings. The quantitative estimate of drug-likeness (QED) is 0.748. The average Bonchev–Trinajstić information content (AvgIpc) is 2.55. The molecular weight excluding hydrogens is 284 g/mol. The zero-order valence-electron chi connectivity index (χ0n) is 13.1. The number of piperazine rings is 1. The molecular formula is C17H29ClN2O. The van der Waals surface area contributed by atoms with Crippen LogP contribution in [0, 0.1) is 17.8 Å². The van der Waals surface area contributed by atoms with Gasteiger partial charge in [-0.2, -0.15) is 0 Å². The molecule has 120 valence electrons. The van der Waals surface area contributed by atoms with E-state index in [9.17, 15) is 4.79 Å². The van der Waals surface area contributed by atoms with Gasteiger partial charge < -0.3 is 4.90 Å². The van der Waals surface area contributed by atoms with Crippen molar-refractivity contribution in [3.05, 3.63) is 0 Å². The first-order valence-corrected chi connectivity index (χ1v) is 9.38. The molecule has 0 spiro atoms. The van der Waals surface area contributed by atoms with Crippen molar-refractivity contribution in [1.82, 2.24) is 9.80 Å². The zero-order chi connectivity index (χ0) is 14.7. The summed E-state index contributed by atoms with van der Waals surface area (Å²) in [7, 11) is 0. The number of alkyl halides is 1. The maximum Gasteiger partial charge on any atom is 0.225 e. The van der Waals surface area contributed by atoms with E-state index in [0.717, 1.165) is 51.0 Å². The summed E-state index contributed by atoms with van der Waals surface area (Å²) in [6, 6.07) is 0. The van der Waals surface area contributed by atoms with Gasteiger partial charge in [-0.05, 0) is 31.1 Å². The molecule has 1 saturated heterocycles. The van der Waals surface area contributed by atoms with E-state index >= 15 is 0 Å². The van der Waals surface area contributed by atoms with Crippen LogP contribution in [0.2, 0.25) is 0 Å². The summed E-state index contributed by atoms with van der Waals surface area (Å²) in [6.07, 6.45) is 9.21. The number of rotatable bonds is 3. The molecule has 3 nitrogen and oxygen atoms in total. The lowest BCUT2D eigenvalue weighted by Gasteiger charge is -2.41. The van der Waals surface area contributed by atoms with E-state index < -0.39 is 0 Å². The fraction of sp³-hybridized carbons (Fsp3) is 0.941. The zero-order valence-corrected chi connectivity index (χ0v) is 13.9. The normalized spacial score (nSPS) is 34.5. The van der Waals surface area contributed by atoms with E-state index in [4.69, 9.17) is 11.6 Å². The third-order valence-corrected chi connectivity index (χ3v) is 6.14. The predicted octanol–water partition coefficient (Wildman–Crippen LogP) is 2.98. The molecule has 0 aromatic rings. The molecule has 0 bridgehead atoms. The Bertz CT molecular complexity index is 355. The van der Waals surface area contributed by atoms with Crippen LogP contribution in [0.25, 0.3) is 0 Å². The molecule has 0 radical (unpaired) electrons. The van der Waals surface area contributed by atoms with Gasteiger partial charge in [0.2, 0.25) is 5.91 Å². The number of amides is 1. The summed E-state index contributed by atoms with van der Waals surface area (Å²) in [5, 5.41) is 0. The summed E-state index contributed by atoms with van der Waals surface area (Å²) in [5.74, 6) is 3.25. The molecule has 3 unspecified atom stereocenters. The van der Waals surface area contributed by atoms with Gasteiger partial charge in [-0.25, -0.2) is 0 Å². The largest absolute Gasteiger partial charge is 0.340 e. The minimum Gasteiger partial charge on any atom is -0.340 e. The highest BCUT2D eigenvalue weighted by molar-refractivity contribution is 6.18. The smallest absolute Gasteiger partial charge is 0.225 e. The van der Waals surface area contributed by atoms with Crippen LogP contribution in [0.4, 0.5) is 0 Å². The van der Waals surface area contributed by atoms with Gasteiger partial charge in [-0.1, -0.05) is 25.7 Å². The summed E-state index contributed by atoms with van der Waals surface area (Å²) in [4.78, 5) is 17.3. The fourth-order valence-corrected chi connectivity index (χ4v) is 4.91. The van der Waals surface area contributed by atoms with E-state index in [1.807, 2.05) is 0 Å². The summed E-state index contributed by atoms with van der Waals surface area (Å²) >= 11 is 5.80. The van der Waals surface area contributed by atoms with Gasteiger partial charge in [-0.15, -0.1) is 11.6 Å². The molecule has 0 aromatic carbocycles. The second kappa shape index (κ2) is 7.32. The molecule has 1 aliphatic heterocycles. The monoisotopic (exact) mass is 312 g/mol. The highest BCUT2D eigenvalue weighted by atomic mass is 35.5. The van der Waals surface area contributed by atoms with Gasteiger partial charge in [0, 0.05) is 44.5 Å². The molecule has 3 rings (SSSR count). The van der Waals surface area contributed by atoms with E-state index in [1.54, 1.807) is 0 Å². The van der Waals surface area contributed by atoms with Gasteiger partial charge in [0.15, 0.2) is 0 Å². The minimum atomic E-state index is 0.323. The van der Waals surface area contributed by atoms with Crippen LogP contribution in [-0.4, -0.2) is 54.3 Å². The maximum atomic E-state index is 12.8. The van der Waals surface area contributed by atoms with Crippen LogP contribution in [0.15, 0.2) is 0 Å². The second-order valence-corrected chi connectivity index (χ2v) is 7.55. The molecule has 1 amide bonds. The van der Waals surface area contributed by atoms with E-state index in [1.165, 1.54) is 38.5 Å². The minimum absolute atomic E-state index is 0.323. The van der Waals surface area contributed by atoms with Crippen molar-refractivity contribution in [1.29, 1.82) is 0 Å². The van der Waals surface area contributed by atoms with Crippen LogP contribution >= 0.6 is 11.6 Å². The van der Waals surface area contributed by atoms with Gasteiger partial charge in [0.05, 0.1) is 0 Å². The number of hydrogen-bond acceptors (Lipinski definition) is 2.